The van der Waals surface area contributed by atoms with Crippen molar-refractivity contribution in [3.8, 4) is 0 Å². The lowest BCUT2D eigenvalue weighted by Crippen LogP contribution is -2.21. The van der Waals surface area contributed by atoms with Crippen LogP contribution in [0.15, 0.2) is 0 Å². The molecule has 0 radical (unpaired) electrons. The average Bonchev–Trinajstić information content (AvgIpc) is 2.33. The van der Waals surface area contributed by atoms with Gasteiger partial charge >= 0.3 is 0 Å². The lowest BCUT2D eigenvalue weighted by atomic mass is 9.84. The first kappa shape index (κ1) is 18.1. The van der Waals surface area contributed by atoms with Crippen molar-refractivity contribution in [2.75, 3.05) is 0 Å². The molecule has 3 heteroatoms. The molecule has 1 rings (SSSR count). The van der Waals surface area contributed by atoms with E-state index in [1.54, 1.807) is 6.92 Å². The van der Waals surface area contributed by atoms with Crippen LogP contribution in [0.25, 0.3) is 0 Å². The Bertz CT molecular complexity index is 473. The van der Waals surface area contributed by atoms with Crippen molar-refractivity contribution in [2.45, 2.75) is 91.7 Å². The second-order valence-electron chi connectivity index (χ2n) is 7.59. The number of aromatic nitrogens is 2. The summed E-state index contributed by atoms with van der Waals surface area (Å²) in [5, 5.41) is 0. The highest BCUT2D eigenvalue weighted by Gasteiger charge is 2.25. The monoisotopic (exact) mass is 294 g/mol. The Labute approximate surface area is 129 Å². The normalized spacial score (nSPS) is 15.3. The van der Waals surface area contributed by atoms with Gasteiger partial charge in [-0.25, -0.2) is 14.4 Å². The van der Waals surface area contributed by atoms with E-state index in [9.17, 15) is 4.39 Å². The zero-order valence-electron chi connectivity index (χ0n) is 14.9. The zero-order chi connectivity index (χ0) is 16.4. The summed E-state index contributed by atoms with van der Waals surface area (Å²) in [6.45, 7) is 16.7. The predicted molar refractivity (Wildman–Crippen MR) is 87.8 cm³/mol. The molecule has 1 aromatic heterocycles. The minimum Gasteiger partial charge on any atom is -0.248 e. The first-order chi connectivity index (χ1) is 9.54. The maximum Gasteiger partial charge on any atom is 0.131 e. The molecule has 0 amide bonds. The molecule has 0 aliphatic carbocycles. The molecule has 1 unspecified atom stereocenters. The van der Waals surface area contributed by atoms with Crippen LogP contribution in [-0.2, 0) is 5.41 Å². The van der Waals surface area contributed by atoms with E-state index in [4.69, 9.17) is 9.97 Å². The van der Waals surface area contributed by atoms with E-state index < -0.39 is 6.17 Å². The largest absolute Gasteiger partial charge is 0.248 e. The summed E-state index contributed by atoms with van der Waals surface area (Å²) in [5.74, 6) is 1.47. The summed E-state index contributed by atoms with van der Waals surface area (Å²) in [6, 6.07) is 0. The van der Waals surface area contributed by atoms with E-state index in [1.807, 2.05) is 0 Å². The fourth-order valence-electron chi connectivity index (χ4n) is 2.70. The predicted octanol–water partition coefficient (Wildman–Crippen LogP) is 5.45. The van der Waals surface area contributed by atoms with E-state index in [1.165, 1.54) is 5.56 Å². The van der Waals surface area contributed by atoms with Gasteiger partial charge in [-0.15, -0.1) is 0 Å². The minimum absolute atomic E-state index is 0.00481. The van der Waals surface area contributed by atoms with Gasteiger partial charge in [-0.3, -0.25) is 0 Å². The molecule has 120 valence electrons. The highest BCUT2D eigenvalue weighted by Crippen LogP contribution is 2.32. The molecule has 0 spiro atoms. The topological polar surface area (TPSA) is 25.8 Å². The standard InChI is InChI=1S/C18H31FN2/c1-11(2)15-14(5)20-17(12(3)9-10-13(4)19)21-16(15)18(6,7)8/h11-13H,9-10H2,1-8H3/t12-,13?/m1/s1. The number of halogens is 1. The third-order valence-electron chi connectivity index (χ3n) is 3.88. The number of hydrogen-bond donors (Lipinski definition) is 0. The zero-order valence-corrected chi connectivity index (χ0v) is 14.9. The molecule has 0 saturated heterocycles. The number of aryl methyl sites for hydroxylation is 1. The lowest BCUT2D eigenvalue weighted by Gasteiger charge is -2.26. The number of nitrogens with zero attached hydrogens (tertiary/aromatic N) is 2. The van der Waals surface area contributed by atoms with E-state index in [2.05, 4.69) is 48.5 Å². The Hall–Kier alpha value is -0.990. The van der Waals surface area contributed by atoms with Crippen LogP contribution in [-0.4, -0.2) is 16.1 Å². The van der Waals surface area contributed by atoms with Crippen LogP contribution in [0.2, 0.25) is 0 Å². The Morgan fingerprint density at radius 3 is 2.00 bits per heavy atom. The van der Waals surface area contributed by atoms with Crippen LogP contribution in [0.4, 0.5) is 4.39 Å². The fraction of sp³-hybridized carbons (Fsp3) is 0.778. The SMILES string of the molecule is Cc1nc([C@H](C)CCC(C)F)nc(C(C)(C)C)c1C(C)C. The number of rotatable bonds is 5. The first-order valence-electron chi connectivity index (χ1n) is 8.07. The van der Waals surface area contributed by atoms with Gasteiger partial charge in [-0.1, -0.05) is 41.5 Å². The van der Waals surface area contributed by atoms with Crippen LogP contribution in [0.1, 0.15) is 95.9 Å². The van der Waals surface area contributed by atoms with Gasteiger partial charge in [0, 0.05) is 17.0 Å². The van der Waals surface area contributed by atoms with Gasteiger partial charge in [0.25, 0.3) is 0 Å². The molecule has 1 heterocycles. The maximum atomic E-state index is 13.1. The van der Waals surface area contributed by atoms with Crippen LogP contribution < -0.4 is 0 Å². The second kappa shape index (κ2) is 6.85. The average molecular weight is 294 g/mol. The molecule has 21 heavy (non-hydrogen) atoms. The van der Waals surface area contributed by atoms with Crippen molar-refractivity contribution in [3.05, 3.63) is 22.8 Å². The highest BCUT2D eigenvalue weighted by atomic mass is 19.1. The van der Waals surface area contributed by atoms with Gasteiger partial charge in [0.1, 0.15) is 5.82 Å². The molecule has 2 atom stereocenters. The second-order valence-corrected chi connectivity index (χ2v) is 7.59. The van der Waals surface area contributed by atoms with E-state index in [0.29, 0.717) is 12.3 Å². The lowest BCUT2D eigenvalue weighted by molar-refractivity contribution is 0.325. The van der Waals surface area contributed by atoms with E-state index in [0.717, 1.165) is 23.6 Å². The molecule has 0 aliphatic heterocycles. The summed E-state index contributed by atoms with van der Waals surface area (Å²) in [4.78, 5) is 9.58. The summed E-state index contributed by atoms with van der Waals surface area (Å²) >= 11 is 0. The van der Waals surface area contributed by atoms with Crippen molar-refractivity contribution in [2.24, 2.45) is 0 Å². The maximum absolute atomic E-state index is 13.1. The molecule has 0 bridgehead atoms. The summed E-state index contributed by atoms with van der Waals surface area (Å²) in [6.07, 6.45) is 0.604. The molecule has 0 aromatic carbocycles. The van der Waals surface area contributed by atoms with E-state index >= 15 is 0 Å². The Kier molecular flexibility index (Phi) is 5.89. The Morgan fingerprint density at radius 2 is 1.57 bits per heavy atom. The van der Waals surface area contributed by atoms with Crippen molar-refractivity contribution in [1.82, 2.24) is 9.97 Å². The summed E-state index contributed by atoms with van der Waals surface area (Å²) in [7, 11) is 0. The quantitative estimate of drug-likeness (QED) is 0.722. The van der Waals surface area contributed by atoms with Gasteiger partial charge in [-0.2, -0.15) is 0 Å². The van der Waals surface area contributed by atoms with E-state index in [-0.39, 0.29) is 11.3 Å². The van der Waals surface area contributed by atoms with Gasteiger partial charge < -0.3 is 0 Å². The smallest absolute Gasteiger partial charge is 0.131 e. The molecule has 1 aromatic rings. The molecule has 0 saturated carbocycles. The van der Waals surface area contributed by atoms with Gasteiger partial charge in [-0.05, 0) is 38.2 Å². The summed E-state index contributed by atoms with van der Waals surface area (Å²) in [5.41, 5.74) is 3.47. The molecule has 0 N–H and O–H groups in total. The van der Waals surface area contributed by atoms with Crippen molar-refractivity contribution >= 4 is 0 Å². The third-order valence-corrected chi connectivity index (χ3v) is 3.88. The van der Waals surface area contributed by atoms with Crippen molar-refractivity contribution in [3.63, 3.8) is 0 Å². The molecule has 0 aliphatic rings. The van der Waals surface area contributed by atoms with Crippen LogP contribution in [0.5, 0.6) is 0 Å². The van der Waals surface area contributed by atoms with Crippen molar-refractivity contribution in [1.29, 1.82) is 0 Å². The first-order valence-corrected chi connectivity index (χ1v) is 8.07. The molecule has 2 nitrogen and oxygen atoms in total. The van der Waals surface area contributed by atoms with Gasteiger partial charge in [0.15, 0.2) is 0 Å². The van der Waals surface area contributed by atoms with Gasteiger partial charge in [0.2, 0.25) is 0 Å². The Morgan fingerprint density at radius 1 is 1.00 bits per heavy atom. The molecular formula is C18H31FN2. The van der Waals surface area contributed by atoms with Gasteiger partial charge in [0.05, 0.1) is 11.9 Å². The molecule has 0 fully saturated rings. The fourth-order valence-corrected chi connectivity index (χ4v) is 2.70. The van der Waals surface area contributed by atoms with Crippen molar-refractivity contribution < 1.29 is 4.39 Å². The minimum atomic E-state index is -0.759. The van der Waals surface area contributed by atoms with Crippen LogP contribution in [0.3, 0.4) is 0 Å². The summed E-state index contributed by atoms with van der Waals surface area (Å²) < 4.78 is 13.1. The van der Waals surface area contributed by atoms with Crippen LogP contribution in [0, 0.1) is 6.92 Å². The highest BCUT2D eigenvalue weighted by molar-refractivity contribution is 5.33. The van der Waals surface area contributed by atoms with Crippen LogP contribution >= 0.6 is 0 Å². The number of alkyl halides is 1. The molecular weight excluding hydrogens is 263 g/mol. The number of hydrogen-bond acceptors (Lipinski definition) is 2. The third kappa shape index (κ3) is 4.76. The Balaban J connectivity index is 3.23.